The van der Waals surface area contributed by atoms with Crippen LogP contribution in [0.2, 0.25) is 5.02 Å². The zero-order valence-corrected chi connectivity index (χ0v) is 14.5. The minimum atomic E-state index is -0.789. The van der Waals surface area contributed by atoms with E-state index in [1.165, 1.54) is 23.3 Å². The van der Waals surface area contributed by atoms with Crippen LogP contribution >= 0.6 is 11.6 Å². The molecule has 1 aromatic heterocycles. The van der Waals surface area contributed by atoms with Crippen LogP contribution in [0.5, 0.6) is 0 Å². The smallest absolute Gasteiger partial charge is 0.313 e. The van der Waals surface area contributed by atoms with Gasteiger partial charge in [-0.15, -0.1) is 0 Å². The van der Waals surface area contributed by atoms with Gasteiger partial charge in [-0.1, -0.05) is 11.6 Å². The molecule has 8 nitrogen and oxygen atoms in total. The van der Waals surface area contributed by atoms with Crippen LogP contribution < -0.4 is 11.1 Å². The molecule has 0 saturated carbocycles. The molecule has 9 heteroatoms. The number of furan rings is 1. The number of carbonyl (C=O) groups excluding carboxylic acids is 3. The molecule has 1 saturated heterocycles. The monoisotopic (exact) mass is 376 g/mol. The van der Waals surface area contributed by atoms with Crippen molar-refractivity contribution in [2.24, 2.45) is 0 Å². The molecule has 2 aromatic rings. The number of hydrogen-bond acceptors (Lipinski definition) is 5. The van der Waals surface area contributed by atoms with E-state index >= 15 is 0 Å². The highest BCUT2D eigenvalue weighted by atomic mass is 35.5. The maximum Gasteiger partial charge on any atom is 0.313 e. The number of piperazine rings is 1. The predicted octanol–water partition coefficient (Wildman–Crippen LogP) is 1.44. The highest BCUT2D eigenvalue weighted by Crippen LogP contribution is 2.24. The average molecular weight is 377 g/mol. The number of amides is 3. The van der Waals surface area contributed by atoms with E-state index in [-0.39, 0.29) is 29.8 Å². The number of halogens is 1. The Balaban J connectivity index is 1.56. The lowest BCUT2D eigenvalue weighted by molar-refractivity contribution is -0.144. The molecule has 1 aromatic carbocycles. The van der Waals surface area contributed by atoms with E-state index in [0.29, 0.717) is 24.5 Å². The largest absolute Gasteiger partial charge is 0.459 e. The summed E-state index contributed by atoms with van der Waals surface area (Å²) >= 11 is 5.99. The van der Waals surface area contributed by atoms with Crippen LogP contribution in [-0.4, -0.2) is 53.7 Å². The van der Waals surface area contributed by atoms with Crippen molar-refractivity contribution in [3.8, 4) is 0 Å². The van der Waals surface area contributed by atoms with Crippen molar-refractivity contribution in [3.05, 3.63) is 47.4 Å². The molecule has 0 aliphatic carbocycles. The minimum absolute atomic E-state index is 0.236. The summed E-state index contributed by atoms with van der Waals surface area (Å²) in [6, 6.07) is 7.82. The van der Waals surface area contributed by atoms with Gasteiger partial charge in [0.15, 0.2) is 5.76 Å². The molecular formula is C17H17ClN4O4. The zero-order chi connectivity index (χ0) is 18.7. The molecule has 1 fully saturated rings. The van der Waals surface area contributed by atoms with Crippen molar-refractivity contribution in [2.45, 2.75) is 0 Å². The number of carbonyl (C=O) groups is 3. The Labute approximate surface area is 154 Å². The summed E-state index contributed by atoms with van der Waals surface area (Å²) in [6.07, 6.45) is 1.43. The predicted molar refractivity (Wildman–Crippen MR) is 95.7 cm³/mol. The number of nitrogens with two attached hydrogens (primary N) is 1. The van der Waals surface area contributed by atoms with Gasteiger partial charge in [-0.2, -0.15) is 0 Å². The molecule has 3 rings (SSSR count). The Morgan fingerprint density at radius 1 is 1.08 bits per heavy atom. The van der Waals surface area contributed by atoms with Gasteiger partial charge in [-0.25, -0.2) is 0 Å². The molecule has 136 valence electrons. The molecule has 0 spiro atoms. The van der Waals surface area contributed by atoms with Gasteiger partial charge in [0.25, 0.3) is 5.91 Å². The third-order valence-corrected chi connectivity index (χ3v) is 4.33. The Morgan fingerprint density at radius 3 is 2.38 bits per heavy atom. The summed E-state index contributed by atoms with van der Waals surface area (Å²) in [7, 11) is 0. The second kappa shape index (κ2) is 7.49. The standard InChI is InChI=1S/C17H17ClN4O4/c18-12-10-11(19)3-4-13(12)20-15(23)17(25)22-7-5-21(6-8-22)16(24)14-2-1-9-26-14/h1-4,9-10H,5-8,19H2,(H,20,23). The van der Waals surface area contributed by atoms with Crippen molar-refractivity contribution in [3.63, 3.8) is 0 Å². The van der Waals surface area contributed by atoms with Crippen LogP contribution in [0.3, 0.4) is 0 Å². The first-order valence-corrected chi connectivity index (χ1v) is 8.31. The summed E-state index contributed by atoms with van der Waals surface area (Å²) in [5.74, 6) is -1.45. The van der Waals surface area contributed by atoms with Crippen LogP contribution in [0.1, 0.15) is 10.6 Å². The number of nitrogen functional groups attached to an aromatic ring is 1. The highest BCUT2D eigenvalue weighted by molar-refractivity contribution is 6.41. The Morgan fingerprint density at radius 2 is 1.77 bits per heavy atom. The molecule has 3 N–H and O–H groups in total. The van der Waals surface area contributed by atoms with Gasteiger partial charge >= 0.3 is 11.8 Å². The molecular weight excluding hydrogens is 360 g/mol. The summed E-state index contributed by atoms with van der Waals surface area (Å²) in [5, 5.41) is 2.73. The summed E-state index contributed by atoms with van der Waals surface area (Å²) in [4.78, 5) is 39.7. The quantitative estimate of drug-likeness (QED) is 0.609. The van der Waals surface area contributed by atoms with Crippen molar-refractivity contribution < 1.29 is 18.8 Å². The van der Waals surface area contributed by atoms with Crippen molar-refractivity contribution in [2.75, 3.05) is 37.2 Å². The Kier molecular flexibility index (Phi) is 5.13. The summed E-state index contributed by atoms with van der Waals surface area (Å²) < 4.78 is 5.09. The number of rotatable bonds is 2. The molecule has 26 heavy (non-hydrogen) atoms. The maximum atomic E-state index is 12.3. The Bertz CT molecular complexity index is 829. The number of benzene rings is 1. The first-order valence-electron chi connectivity index (χ1n) is 7.94. The summed E-state index contributed by atoms with van der Waals surface area (Å²) in [5.41, 5.74) is 6.36. The normalized spacial score (nSPS) is 14.2. The van der Waals surface area contributed by atoms with E-state index in [1.807, 2.05) is 0 Å². The highest BCUT2D eigenvalue weighted by Gasteiger charge is 2.29. The van der Waals surface area contributed by atoms with Crippen LogP contribution in [0.25, 0.3) is 0 Å². The first-order chi connectivity index (χ1) is 12.5. The fourth-order valence-electron chi connectivity index (χ4n) is 2.62. The van der Waals surface area contributed by atoms with E-state index in [0.717, 1.165) is 0 Å². The molecule has 1 aliphatic heterocycles. The molecule has 0 unspecified atom stereocenters. The van der Waals surface area contributed by atoms with Gasteiger partial charge in [0.05, 0.1) is 17.0 Å². The van der Waals surface area contributed by atoms with Gasteiger partial charge in [0.1, 0.15) is 0 Å². The SMILES string of the molecule is Nc1ccc(NC(=O)C(=O)N2CCN(C(=O)c3ccco3)CC2)c(Cl)c1. The average Bonchev–Trinajstić information content (AvgIpc) is 3.17. The molecule has 2 heterocycles. The molecule has 3 amide bonds. The molecule has 0 atom stereocenters. The number of hydrogen-bond donors (Lipinski definition) is 2. The molecule has 1 aliphatic rings. The first kappa shape index (κ1) is 17.8. The van der Waals surface area contributed by atoms with Crippen molar-refractivity contribution >= 4 is 40.7 Å². The van der Waals surface area contributed by atoms with E-state index in [2.05, 4.69) is 5.32 Å². The molecule has 0 radical (unpaired) electrons. The molecule has 0 bridgehead atoms. The van der Waals surface area contributed by atoms with Crippen LogP contribution in [-0.2, 0) is 9.59 Å². The van der Waals surface area contributed by atoms with Gasteiger partial charge in [0.2, 0.25) is 0 Å². The van der Waals surface area contributed by atoms with Crippen LogP contribution in [0.15, 0.2) is 41.0 Å². The fourth-order valence-corrected chi connectivity index (χ4v) is 2.86. The maximum absolute atomic E-state index is 12.3. The van der Waals surface area contributed by atoms with Crippen molar-refractivity contribution in [1.29, 1.82) is 0 Å². The topological polar surface area (TPSA) is 109 Å². The van der Waals surface area contributed by atoms with Gasteiger partial charge in [-0.3, -0.25) is 14.4 Å². The minimum Gasteiger partial charge on any atom is -0.459 e. The number of anilines is 2. The van der Waals surface area contributed by atoms with Gasteiger partial charge < -0.3 is 25.3 Å². The number of nitrogens with zero attached hydrogens (tertiary/aromatic N) is 2. The lowest BCUT2D eigenvalue weighted by Crippen LogP contribution is -2.52. The second-order valence-electron chi connectivity index (χ2n) is 5.76. The zero-order valence-electron chi connectivity index (χ0n) is 13.8. The lowest BCUT2D eigenvalue weighted by atomic mass is 10.2. The van der Waals surface area contributed by atoms with Gasteiger partial charge in [-0.05, 0) is 30.3 Å². The van der Waals surface area contributed by atoms with Crippen molar-refractivity contribution in [1.82, 2.24) is 9.80 Å². The Hall–Kier alpha value is -3.00. The summed E-state index contributed by atoms with van der Waals surface area (Å²) in [6.45, 7) is 1.16. The lowest BCUT2D eigenvalue weighted by Gasteiger charge is -2.33. The van der Waals surface area contributed by atoms with E-state index in [1.54, 1.807) is 23.1 Å². The van der Waals surface area contributed by atoms with Crippen LogP contribution in [0.4, 0.5) is 11.4 Å². The number of nitrogens with one attached hydrogen (secondary N) is 1. The second-order valence-corrected chi connectivity index (χ2v) is 6.16. The van der Waals surface area contributed by atoms with Crippen LogP contribution in [0, 0.1) is 0 Å². The fraction of sp³-hybridized carbons (Fsp3) is 0.235. The van der Waals surface area contributed by atoms with E-state index in [9.17, 15) is 14.4 Å². The van der Waals surface area contributed by atoms with Gasteiger partial charge in [0, 0.05) is 31.9 Å². The third kappa shape index (κ3) is 3.80. The van der Waals surface area contributed by atoms with E-state index < -0.39 is 11.8 Å². The third-order valence-electron chi connectivity index (χ3n) is 4.02. The van der Waals surface area contributed by atoms with E-state index in [4.69, 9.17) is 21.8 Å².